The van der Waals surface area contributed by atoms with Gasteiger partial charge in [-0.15, -0.1) is 0 Å². The predicted molar refractivity (Wildman–Crippen MR) is 68.7 cm³/mol. The molecule has 17 heavy (non-hydrogen) atoms. The van der Waals surface area contributed by atoms with Crippen LogP contribution in [0.1, 0.15) is 46.0 Å². The second kappa shape index (κ2) is 4.84. The number of amides is 2. The maximum absolute atomic E-state index is 11.9. The van der Waals surface area contributed by atoms with Gasteiger partial charge in [-0.3, -0.25) is 0 Å². The third-order valence-corrected chi connectivity index (χ3v) is 4.43. The van der Waals surface area contributed by atoms with E-state index in [1.54, 1.807) is 0 Å². The van der Waals surface area contributed by atoms with Crippen molar-refractivity contribution in [3.63, 3.8) is 0 Å². The lowest BCUT2D eigenvalue weighted by Gasteiger charge is -2.42. The number of carbonyl (C=O) groups excluding carboxylic acids is 1. The average Bonchev–Trinajstić information content (AvgIpc) is 2.60. The lowest BCUT2D eigenvalue weighted by atomic mass is 9.74. The highest BCUT2D eigenvalue weighted by molar-refractivity contribution is 5.74. The molecule has 0 aromatic carbocycles. The highest BCUT2D eigenvalue weighted by Gasteiger charge is 2.43. The topological polar surface area (TPSA) is 58.4 Å². The van der Waals surface area contributed by atoms with Gasteiger partial charge in [0.1, 0.15) is 0 Å². The summed E-state index contributed by atoms with van der Waals surface area (Å²) in [5.41, 5.74) is 6.57. The van der Waals surface area contributed by atoms with E-state index in [2.05, 4.69) is 5.32 Å². The van der Waals surface area contributed by atoms with Crippen LogP contribution in [0.5, 0.6) is 0 Å². The summed E-state index contributed by atoms with van der Waals surface area (Å²) in [5.74, 6) is 0. The Morgan fingerprint density at radius 1 is 1.35 bits per heavy atom. The molecule has 4 nitrogen and oxygen atoms in total. The SMILES string of the molecule is CC(C)NC(=O)N1CCC2(CCCC2N)CC1. The van der Waals surface area contributed by atoms with Crippen molar-refractivity contribution in [1.29, 1.82) is 0 Å². The molecule has 2 fully saturated rings. The van der Waals surface area contributed by atoms with Crippen LogP contribution < -0.4 is 11.1 Å². The van der Waals surface area contributed by atoms with Gasteiger partial charge in [0.2, 0.25) is 0 Å². The van der Waals surface area contributed by atoms with E-state index in [4.69, 9.17) is 5.73 Å². The Labute approximate surface area is 104 Å². The van der Waals surface area contributed by atoms with E-state index in [0.29, 0.717) is 11.5 Å². The summed E-state index contributed by atoms with van der Waals surface area (Å²) in [4.78, 5) is 13.8. The van der Waals surface area contributed by atoms with Crippen molar-refractivity contribution < 1.29 is 4.79 Å². The molecule has 0 radical (unpaired) electrons. The molecule has 2 rings (SSSR count). The van der Waals surface area contributed by atoms with E-state index in [1.165, 1.54) is 12.8 Å². The van der Waals surface area contributed by atoms with Gasteiger partial charge in [-0.2, -0.15) is 0 Å². The van der Waals surface area contributed by atoms with Gasteiger partial charge in [0.05, 0.1) is 0 Å². The van der Waals surface area contributed by atoms with Crippen LogP contribution in [0.4, 0.5) is 4.79 Å². The Bertz CT molecular complexity index is 282. The van der Waals surface area contributed by atoms with Crippen LogP contribution in [-0.2, 0) is 0 Å². The maximum atomic E-state index is 11.9. The highest BCUT2D eigenvalue weighted by Crippen LogP contribution is 2.45. The Hall–Kier alpha value is -0.770. The zero-order valence-corrected chi connectivity index (χ0v) is 11.0. The van der Waals surface area contributed by atoms with Gasteiger partial charge in [-0.1, -0.05) is 6.42 Å². The molecule has 1 aliphatic heterocycles. The number of likely N-dealkylation sites (tertiary alicyclic amines) is 1. The van der Waals surface area contributed by atoms with Crippen LogP contribution in [0.15, 0.2) is 0 Å². The fourth-order valence-electron chi connectivity index (χ4n) is 3.28. The van der Waals surface area contributed by atoms with E-state index < -0.39 is 0 Å². The zero-order chi connectivity index (χ0) is 12.5. The minimum absolute atomic E-state index is 0.0846. The summed E-state index contributed by atoms with van der Waals surface area (Å²) >= 11 is 0. The Morgan fingerprint density at radius 2 is 2.00 bits per heavy atom. The van der Waals surface area contributed by atoms with Gasteiger partial charge in [-0.05, 0) is 44.9 Å². The van der Waals surface area contributed by atoms with E-state index >= 15 is 0 Å². The summed E-state index contributed by atoms with van der Waals surface area (Å²) in [6.45, 7) is 5.73. The van der Waals surface area contributed by atoms with Crippen molar-refractivity contribution in [1.82, 2.24) is 10.2 Å². The van der Waals surface area contributed by atoms with Crippen molar-refractivity contribution in [3.05, 3.63) is 0 Å². The Balaban J connectivity index is 1.87. The van der Waals surface area contributed by atoms with E-state index in [1.807, 2.05) is 18.7 Å². The number of nitrogens with zero attached hydrogens (tertiary/aromatic N) is 1. The van der Waals surface area contributed by atoms with E-state index in [0.717, 1.165) is 32.4 Å². The first-order chi connectivity index (χ1) is 8.03. The second-order valence-electron chi connectivity index (χ2n) is 5.95. The first-order valence-corrected chi connectivity index (χ1v) is 6.84. The van der Waals surface area contributed by atoms with Crippen LogP contribution in [0, 0.1) is 5.41 Å². The van der Waals surface area contributed by atoms with Gasteiger partial charge in [0.25, 0.3) is 0 Å². The number of nitrogens with two attached hydrogens (primary N) is 1. The van der Waals surface area contributed by atoms with Crippen molar-refractivity contribution in [2.24, 2.45) is 11.1 Å². The average molecular weight is 239 g/mol. The number of hydrogen-bond donors (Lipinski definition) is 2. The molecule has 1 aliphatic carbocycles. The Kier molecular flexibility index (Phi) is 3.61. The molecule has 1 heterocycles. The lowest BCUT2D eigenvalue weighted by Crippen LogP contribution is -2.51. The highest BCUT2D eigenvalue weighted by atomic mass is 16.2. The first-order valence-electron chi connectivity index (χ1n) is 6.84. The minimum Gasteiger partial charge on any atom is -0.336 e. The third-order valence-electron chi connectivity index (χ3n) is 4.43. The molecule has 0 aromatic heterocycles. The molecular formula is C13H25N3O. The van der Waals surface area contributed by atoms with Crippen molar-refractivity contribution in [3.8, 4) is 0 Å². The summed E-state index contributed by atoms with van der Waals surface area (Å²) in [6, 6.07) is 0.659. The number of carbonyl (C=O) groups is 1. The molecule has 2 aliphatic rings. The maximum Gasteiger partial charge on any atom is 0.317 e. The van der Waals surface area contributed by atoms with Gasteiger partial charge < -0.3 is 16.0 Å². The minimum atomic E-state index is 0.0846. The van der Waals surface area contributed by atoms with Crippen molar-refractivity contribution in [2.45, 2.75) is 58.0 Å². The molecule has 1 unspecified atom stereocenters. The van der Waals surface area contributed by atoms with Gasteiger partial charge in [-0.25, -0.2) is 4.79 Å². The van der Waals surface area contributed by atoms with Crippen LogP contribution in [0.2, 0.25) is 0 Å². The van der Waals surface area contributed by atoms with Crippen LogP contribution in [0.25, 0.3) is 0 Å². The summed E-state index contributed by atoms with van der Waals surface area (Å²) in [7, 11) is 0. The lowest BCUT2D eigenvalue weighted by molar-refractivity contribution is 0.107. The Morgan fingerprint density at radius 3 is 2.47 bits per heavy atom. The molecular weight excluding hydrogens is 214 g/mol. The standard InChI is InChI=1S/C13H25N3O/c1-10(2)15-12(17)16-8-6-13(7-9-16)5-3-4-11(13)14/h10-11H,3-9,14H2,1-2H3,(H,15,17). The smallest absolute Gasteiger partial charge is 0.317 e. The normalized spacial score (nSPS) is 27.8. The van der Waals surface area contributed by atoms with Crippen LogP contribution in [-0.4, -0.2) is 36.1 Å². The summed E-state index contributed by atoms with van der Waals surface area (Å²) in [6.07, 6.45) is 5.85. The summed E-state index contributed by atoms with van der Waals surface area (Å²) in [5, 5.41) is 2.96. The molecule has 0 aromatic rings. The molecule has 3 N–H and O–H groups in total. The fraction of sp³-hybridized carbons (Fsp3) is 0.923. The molecule has 1 atom stereocenters. The predicted octanol–water partition coefficient (Wildman–Crippen LogP) is 1.70. The van der Waals surface area contributed by atoms with E-state index in [9.17, 15) is 4.79 Å². The van der Waals surface area contributed by atoms with E-state index in [-0.39, 0.29) is 12.1 Å². The van der Waals surface area contributed by atoms with Crippen molar-refractivity contribution >= 4 is 6.03 Å². The third kappa shape index (κ3) is 2.57. The summed E-state index contributed by atoms with van der Waals surface area (Å²) < 4.78 is 0. The molecule has 1 saturated carbocycles. The zero-order valence-electron chi connectivity index (χ0n) is 11.0. The second-order valence-corrected chi connectivity index (χ2v) is 5.95. The molecule has 2 amide bonds. The molecule has 4 heteroatoms. The quantitative estimate of drug-likeness (QED) is 0.731. The van der Waals surface area contributed by atoms with Gasteiger partial charge >= 0.3 is 6.03 Å². The number of hydrogen-bond acceptors (Lipinski definition) is 2. The van der Waals surface area contributed by atoms with Gasteiger partial charge in [0.15, 0.2) is 0 Å². The largest absolute Gasteiger partial charge is 0.336 e. The van der Waals surface area contributed by atoms with Gasteiger partial charge in [0, 0.05) is 25.2 Å². The van der Waals surface area contributed by atoms with Crippen molar-refractivity contribution in [2.75, 3.05) is 13.1 Å². The number of nitrogens with one attached hydrogen (secondary N) is 1. The monoisotopic (exact) mass is 239 g/mol. The molecule has 98 valence electrons. The molecule has 1 spiro atoms. The number of urea groups is 1. The molecule has 0 bridgehead atoms. The first kappa shape index (κ1) is 12.7. The number of rotatable bonds is 1. The number of piperidine rings is 1. The van der Waals surface area contributed by atoms with Crippen LogP contribution in [0.3, 0.4) is 0 Å². The fourth-order valence-corrected chi connectivity index (χ4v) is 3.28. The molecule has 1 saturated heterocycles. The van der Waals surface area contributed by atoms with Crippen LogP contribution >= 0.6 is 0 Å².